The third kappa shape index (κ3) is 3.47. The average molecular weight is 307 g/mol. The van der Waals surface area contributed by atoms with E-state index in [9.17, 15) is 14.8 Å². The van der Waals surface area contributed by atoms with Crippen LogP contribution in [0, 0.1) is 0 Å². The smallest absolute Gasteiger partial charge is 0.256 e. The van der Waals surface area contributed by atoms with Gasteiger partial charge in [-0.25, -0.2) is 0 Å². The van der Waals surface area contributed by atoms with E-state index in [0.29, 0.717) is 24.0 Å². The van der Waals surface area contributed by atoms with E-state index < -0.39 is 22.9 Å². The third-order valence-corrected chi connectivity index (χ3v) is 4.10. The van der Waals surface area contributed by atoms with E-state index in [4.69, 9.17) is 0 Å². The first-order valence-electron chi connectivity index (χ1n) is 7.47. The molecule has 1 heterocycles. The Bertz CT molecular complexity index is 476. The Balaban J connectivity index is 3.26. The lowest BCUT2D eigenvalue weighted by molar-refractivity contribution is -0.293. The van der Waals surface area contributed by atoms with Crippen LogP contribution >= 0.6 is 0 Å². The van der Waals surface area contributed by atoms with E-state index in [0.717, 1.165) is 5.06 Å². The number of carbonyl (C=O) groups excluding carboxylic acids is 2. The van der Waals surface area contributed by atoms with Crippen molar-refractivity contribution in [3.05, 3.63) is 24.3 Å². The molecule has 1 radical (unpaired) electrons. The molecule has 0 atom stereocenters. The van der Waals surface area contributed by atoms with Gasteiger partial charge in [-0.05, 0) is 54.4 Å². The number of hydrogen-bond acceptors (Lipinski definition) is 3. The molecule has 2 amide bonds. The molecule has 1 aliphatic rings. The van der Waals surface area contributed by atoms with Crippen molar-refractivity contribution in [3.63, 3.8) is 0 Å². The second kappa shape index (κ2) is 5.97. The minimum absolute atomic E-state index is 0.301. The lowest BCUT2D eigenvalue weighted by atomic mass is 9.78. The molecule has 5 heteroatoms. The largest absolute Gasteiger partial charge is 0.272 e. The zero-order chi connectivity index (χ0) is 17.5. The summed E-state index contributed by atoms with van der Waals surface area (Å²) in [4.78, 5) is 26.2. The van der Waals surface area contributed by atoms with Gasteiger partial charge in [0.1, 0.15) is 0 Å². The number of hydroxylamine groups is 2. The standard InChI is InChI=1S/C17H27N2O3/c1-11(2)14(20)18(15(21)12(3)4)13-9-16(5,6)19(22)17(7,8)10-13/h13H,1,3,9-10H2,2,4-8H3. The summed E-state index contributed by atoms with van der Waals surface area (Å²) in [5.74, 6) is -0.798. The normalized spacial score (nSPS) is 21.2. The van der Waals surface area contributed by atoms with Crippen LogP contribution in [0.3, 0.4) is 0 Å². The fraction of sp³-hybridized carbons (Fsp3) is 0.647. The summed E-state index contributed by atoms with van der Waals surface area (Å²) in [7, 11) is 0. The van der Waals surface area contributed by atoms with Gasteiger partial charge >= 0.3 is 0 Å². The minimum Gasteiger partial charge on any atom is -0.272 e. The van der Waals surface area contributed by atoms with Crippen LogP contribution in [0.25, 0.3) is 0 Å². The van der Waals surface area contributed by atoms with Gasteiger partial charge < -0.3 is 0 Å². The Kier molecular flexibility index (Phi) is 5.04. The molecule has 0 aliphatic carbocycles. The second-order valence-electron chi connectivity index (χ2n) is 7.52. The van der Waals surface area contributed by atoms with Crippen LogP contribution < -0.4 is 0 Å². The molecule has 5 nitrogen and oxygen atoms in total. The number of nitrogens with zero attached hydrogens (tertiary/aromatic N) is 2. The summed E-state index contributed by atoms with van der Waals surface area (Å²) >= 11 is 0. The zero-order valence-corrected chi connectivity index (χ0v) is 14.5. The summed E-state index contributed by atoms with van der Waals surface area (Å²) < 4.78 is 0. The van der Waals surface area contributed by atoms with Crippen molar-refractivity contribution < 1.29 is 14.8 Å². The van der Waals surface area contributed by atoms with Gasteiger partial charge in [0.05, 0.1) is 0 Å². The van der Waals surface area contributed by atoms with Crippen LogP contribution in [-0.4, -0.2) is 38.9 Å². The summed E-state index contributed by atoms with van der Waals surface area (Å²) in [5, 5.41) is 13.5. The molecule has 1 rings (SSSR count). The first kappa shape index (κ1) is 18.6. The van der Waals surface area contributed by atoms with Crippen molar-refractivity contribution in [3.8, 4) is 0 Å². The molecule has 1 fully saturated rings. The molecule has 1 aliphatic heterocycles. The molecule has 0 aromatic rings. The van der Waals surface area contributed by atoms with Crippen molar-refractivity contribution in [1.29, 1.82) is 0 Å². The van der Waals surface area contributed by atoms with Crippen molar-refractivity contribution in [2.24, 2.45) is 0 Å². The zero-order valence-electron chi connectivity index (χ0n) is 14.5. The maximum absolute atomic E-state index is 12.5. The lowest BCUT2D eigenvalue weighted by Crippen LogP contribution is -2.63. The van der Waals surface area contributed by atoms with Crippen molar-refractivity contribution in [2.75, 3.05) is 0 Å². The van der Waals surface area contributed by atoms with Crippen LogP contribution in [0.4, 0.5) is 0 Å². The van der Waals surface area contributed by atoms with Crippen LogP contribution in [0.15, 0.2) is 24.3 Å². The van der Waals surface area contributed by atoms with E-state index in [1.807, 2.05) is 27.7 Å². The SMILES string of the molecule is C=C(C)C(=O)N(C(=O)C(=C)C)C1CC(C)(C)N([O])C(C)(C)C1. The molecule has 0 aromatic heterocycles. The summed E-state index contributed by atoms with van der Waals surface area (Å²) in [6, 6.07) is -0.344. The number of amides is 2. The van der Waals surface area contributed by atoms with Crippen molar-refractivity contribution >= 4 is 11.8 Å². The van der Waals surface area contributed by atoms with E-state index in [1.165, 1.54) is 4.90 Å². The number of rotatable bonds is 3. The predicted molar refractivity (Wildman–Crippen MR) is 85.2 cm³/mol. The van der Waals surface area contributed by atoms with E-state index in [2.05, 4.69) is 13.2 Å². The number of piperidine rings is 1. The second-order valence-corrected chi connectivity index (χ2v) is 7.52. The number of carbonyl (C=O) groups is 2. The molecule has 0 aromatic carbocycles. The molecule has 123 valence electrons. The molecule has 22 heavy (non-hydrogen) atoms. The quantitative estimate of drug-likeness (QED) is 0.753. The number of imide groups is 1. The molecule has 0 spiro atoms. The first-order valence-corrected chi connectivity index (χ1v) is 7.47. The molecule has 0 N–H and O–H groups in total. The van der Waals surface area contributed by atoms with Gasteiger partial charge in [0.15, 0.2) is 0 Å². The maximum atomic E-state index is 12.5. The molecule has 1 saturated heterocycles. The Hall–Kier alpha value is -1.46. The average Bonchev–Trinajstić information content (AvgIpc) is 2.34. The minimum atomic E-state index is -0.657. The van der Waals surface area contributed by atoms with Gasteiger partial charge in [0.2, 0.25) is 0 Å². The molecule has 0 bridgehead atoms. The van der Waals surface area contributed by atoms with E-state index in [-0.39, 0.29) is 6.04 Å². The predicted octanol–water partition coefficient (Wildman–Crippen LogP) is 2.86. The Morgan fingerprint density at radius 2 is 1.27 bits per heavy atom. The Morgan fingerprint density at radius 3 is 1.55 bits per heavy atom. The Labute approximate surface area is 133 Å². The topological polar surface area (TPSA) is 60.5 Å². The highest BCUT2D eigenvalue weighted by molar-refractivity contribution is 6.09. The van der Waals surface area contributed by atoms with Gasteiger partial charge in [-0.2, -0.15) is 0 Å². The summed E-state index contributed by atoms with van der Waals surface area (Å²) in [6.45, 7) is 17.8. The Morgan fingerprint density at radius 1 is 0.955 bits per heavy atom. The molecule has 0 unspecified atom stereocenters. The monoisotopic (exact) mass is 307 g/mol. The highest BCUT2D eigenvalue weighted by atomic mass is 16.5. The molecule has 0 saturated carbocycles. The van der Waals surface area contributed by atoms with Gasteiger partial charge in [-0.15, -0.1) is 10.3 Å². The van der Waals surface area contributed by atoms with Crippen molar-refractivity contribution in [1.82, 2.24) is 9.96 Å². The van der Waals surface area contributed by atoms with E-state index >= 15 is 0 Å². The first-order chi connectivity index (χ1) is 9.81. The van der Waals surface area contributed by atoms with Crippen LogP contribution in [0.2, 0.25) is 0 Å². The third-order valence-electron chi connectivity index (χ3n) is 4.10. The van der Waals surface area contributed by atoms with E-state index in [1.54, 1.807) is 13.8 Å². The summed E-state index contributed by atoms with van der Waals surface area (Å²) in [6.07, 6.45) is 0.857. The van der Waals surface area contributed by atoms with Crippen LogP contribution in [0.5, 0.6) is 0 Å². The lowest BCUT2D eigenvalue weighted by Gasteiger charge is -2.51. The summed E-state index contributed by atoms with van der Waals surface area (Å²) in [5.41, 5.74) is -0.713. The van der Waals surface area contributed by atoms with Crippen molar-refractivity contribution in [2.45, 2.75) is 71.5 Å². The van der Waals surface area contributed by atoms with Gasteiger partial charge in [-0.1, -0.05) is 13.2 Å². The fourth-order valence-electron chi connectivity index (χ4n) is 3.23. The highest BCUT2D eigenvalue weighted by Gasteiger charge is 2.49. The molecular formula is C17H27N2O3. The maximum Gasteiger partial charge on any atom is 0.256 e. The van der Waals surface area contributed by atoms with Gasteiger partial charge in [0, 0.05) is 28.3 Å². The fourth-order valence-corrected chi connectivity index (χ4v) is 3.23. The van der Waals surface area contributed by atoms with Crippen LogP contribution in [-0.2, 0) is 14.8 Å². The van der Waals surface area contributed by atoms with Gasteiger partial charge in [-0.3, -0.25) is 14.5 Å². The molecular weight excluding hydrogens is 280 g/mol. The van der Waals surface area contributed by atoms with Crippen LogP contribution in [0.1, 0.15) is 54.4 Å². The van der Waals surface area contributed by atoms with Gasteiger partial charge in [0.25, 0.3) is 11.8 Å². The number of hydrogen-bond donors (Lipinski definition) is 0. The highest BCUT2D eigenvalue weighted by Crippen LogP contribution is 2.39.